The molecule has 1 N–H and O–H groups in total. The topological polar surface area (TPSA) is 21.3 Å². The van der Waals surface area contributed by atoms with E-state index in [1.54, 1.807) is 11.3 Å². The number of anilines is 1. The Hall–Kier alpha value is -1.48. The van der Waals surface area contributed by atoms with Crippen molar-refractivity contribution < 1.29 is 4.74 Å². The van der Waals surface area contributed by atoms with E-state index in [1.165, 1.54) is 4.88 Å². The van der Waals surface area contributed by atoms with Crippen LogP contribution in [-0.4, -0.2) is 6.10 Å². The quantitative estimate of drug-likeness (QED) is 0.841. The maximum Gasteiger partial charge on any atom is 0.142 e. The Bertz CT molecular complexity index is 479. The van der Waals surface area contributed by atoms with Gasteiger partial charge in [0.05, 0.1) is 17.8 Å². The normalized spacial score (nSPS) is 12.4. The van der Waals surface area contributed by atoms with Crippen molar-refractivity contribution in [3.05, 3.63) is 46.7 Å². The number of nitrogens with one attached hydrogen (secondary N) is 1. The number of para-hydroxylation sites is 2. The molecule has 0 spiro atoms. The summed E-state index contributed by atoms with van der Waals surface area (Å²) >= 11 is 1.77. The van der Waals surface area contributed by atoms with Crippen molar-refractivity contribution in [1.29, 1.82) is 0 Å². The van der Waals surface area contributed by atoms with Crippen molar-refractivity contribution in [2.75, 3.05) is 5.32 Å². The van der Waals surface area contributed by atoms with Crippen molar-refractivity contribution in [3.63, 3.8) is 0 Å². The van der Waals surface area contributed by atoms with E-state index in [0.29, 0.717) is 6.04 Å². The molecule has 2 aromatic rings. The number of ether oxygens (including phenoxy) is 1. The van der Waals surface area contributed by atoms with E-state index in [1.807, 2.05) is 32.0 Å². The third-order valence-corrected chi connectivity index (χ3v) is 3.65. The van der Waals surface area contributed by atoms with Crippen molar-refractivity contribution in [2.24, 2.45) is 0 Å². The van der Waals surface area contributed by atoms with E-state index >= 15 is 0 Å². The van der Waals surface area contributed by atoms with Crippen LogP contribution in [0, 0.1) is 0 Å². The van der Waals surface area contributed by atoms with Gasteiger partial charge in [-0.3, -0.25) is 0 Å². The van der Waals surface area contributed by atoms with Gasteiger partial charge in [-0.1, -0.05) is 18.2 Å². The van der Waals surface area contributed by atoms with Crippen LogP contribution in [0.3, 0.4) is 0 Å². The largest absolute Gasteiger partial charge is 0.489 e. The van der Waals surface area contributed by atoms with E-state index in [4.69, 9.17) is 4.74 Å². The third-order valence-electron chi connectivity index (χ3n) is 2.59. The van der Waals surface area contributed by atoms with Crippen LogP contribution in [0.2, 0.25) is 0 Å². The van der Waals surface area contributed by atoms with Crippen molar-refractivity contribution in [3.8, 4) is 5.75 Å². The summed E-state index contributed by atoms with van der Waals surface area (Å²) in [5.41, 5.74) is 1.05. The van der Waals surface area contributed by atoms with Crippen LogP contribution >= 0.6 is 11.3 Å². The highest BCUT2D eigenvalue weighted by molar-refractivity contribution is 7.10. The minimum absolute atomic E-state index is 0.185. The molecule has 1 atom stereocenters. The van der Waals surface area contributed by atoms with Gasteiger partial charge in [0.2, 0.25) is 0 Å². The molecule has 0 saturated carbocycles. The molecular formula is C15H19NOS. The van der Waals surface area contributed by atoms with Gasteiger partial charge in [0.25, 0.3) is 0 Å². The van der Waals surface area contributed by atoms with E-state index in [2.05, 4.69) is 35.8 Å². The third kappa shape index (κ3) is 3.26. The van der Waals surface area contributed by atoms with Gasteiger partial charge in [0.15, 0.2) is 0 Å². The lowest BCUT2D eigenvalue weighted by Crippen LogP contribution is -2.10. The van der Waals surface area contributed by atoms with Crippen molar-refractivity contribution >= 4 is 17.0 Å². The molecule has 0 fully saturated rings. The summed E-state index contributed by atoms with van der Waals surface area (Å²) in [5.74, 6) is 0.913. The standard InChI is InChI=1S/C15H19NOS/c1-11(2)17-14-8-5-4-7-13(14)16-12(3)15-9-6-10-18-15/h4-12,16H,1-3H3. The number of thiophene rings is 1. The molecule has 1 aromatic heterocycles. The van der Waals surface area contributed by atoms with Crippen LogP contribution in [-0.2, 0) is 0 Å². The average Bonchev–Trinajstić information content (AvgIpc) is 2.84. The molecule has 0 saturated heterocycles. The minimum Gasteiger partial charge on any atom is -0.489 e. The molecule has 0 aliphatic carbocycles. The highest BCUT2D eigenvalue weighted by atomic mass is 32.1. The Morgan fingerprint density at radius 2 is 1.83 bits per heavy atom. The Labute approximate surface area is 113 Å². The fourth-order valence-corrected chi connectivity index (χ4v) is 2.52. The zero-order valence-corrected chi connectivity index (χ0v) is 11.8. The van der Waals surface area contributed by atoms with Gasteiger partial charge in [-0.15, -0.1) is 11.3 Å². The molecule has 3 heteroatoms. The van der Waals surface area contributed by atoms with Gasteiger partial charge in [-0.05, 0) is 44.4 Å². The average molecular weight is 261 g/mol. The molecule has 1 aromatic carbocycles. The van der Waals surface area contributed by atoms with Crippen molar-refractivity contribution in [2.45, 2.75) is 32.9 Å². The van der Waals surface area contributed by atoms with Gasteiger partial charge in [-0.2, -0.15) is 0 Å². The van der Waals surface area contributed by atoms with Gasteiger partial charge >= 0.3 is 0 Å². The zero-order valence-electron chi connectivity index (χ0n) is 11.0. The maximum absolute atomic E-state index is 5.80. The monoisotopic (exact) mass is 261 g/mol. The van der Waals surface area contributed by atoms with Gasteiger partial charge in [0.1, 0.15) is 5.75 Å². The van der Waals surface area contributed by atoms with Crippen LogP contribution in [0.5, 0.6) is 5.75 Å². The highest BCUT2D eigenvalue weighted by Crippen LogP contribution is 2.30. The molecule has 96 valence electrons. The second kappa shape index (κ2) is 5.91. The van der Waals surface area contributed by atoms with Crippen LogP contribution < -0.4 is 10.1 Å². The summed E-state index contributed by atoms with van der Waals surface area (Å²) in [6.45, 7) is 6.25. The van der Waals surface area contributed by atoms with E-state index in [-0.39, 0.29) is 6.10 Å². The summed E-state index contributed by atoms with van der Waals surface area (Å²) in [5, 5.41) is 5.60. The molecule has 0 radical (unpaired) electrons. The summed E-state index contributed by atoms with van der Waals surface area (Å²) in [7, 11) is 0. The van der Waals surface area contributed by atoms with Gasteiger partial charge in [-0.25, -0.2) is 0 Å². The fourth-order valence-electron chi connectivity index (χ4n) is 1.78. The summed E-state index contributed by atoms with van der Waals surface area (Å²) < 4.78 is 5.80. The lowest BCUT2D eigenvalue weighted by Gasteiger charge is -2.18. The SMILES string of the molecule is CC(C)Oc1ccccc1NC(C)c1cccs1. The lowest BCUT2D eigenvalue weighted by molar-refractivity contribution is 0.243. The Morgan fingerprint density at radius 3 is 2.50 bits per heavy atom. The lowest BCUT2D eigenvalue weighted by atomic mass is 10.2. The summed E-state index contributed by atoms with van der Waals surface area (Å²) in [4.78, 5) is 1.33. The highest BCUT2D eigenvalue weighted by Gasteiger charge is 2.10. The first-order chi connectivity index (χ1) is 8.66. The molecule has 0 amide bonds. The molecule has 1 heterocycles. The second-order valence-corrected chi connectivity index (χ2v) is 5.52. The first-order valence-corrected chi connectivity index (χ1v) is 7.10. The molecule has 2 nitrogen and oxygen atoms in total. The zero-order chi connectivity index (χ0) is 13.0. The Balaban J connectivity index is 2.13. The molecule has 1 unspecified atom stereocenters. The van der Waals surface area contributed by atoms with Gasteiger partial charge < -0.3 is 10.1 Å². The molecular weight excluding hydrogens is 242 g/mol. The van der Waals surface area contributed by atoms with Crippen LogP contribution in [0.15, 0.2) is 41.8 Å². The smallest absolute Gasteiger partial charge is 0.142 e. The molecule has 0 bridgehead atoms. The Morgan fingerprint density at radius 1 is 1.06 bits per heavy atom. The molecule has 2 rings (SSSR count). The van der Waals surface area contributed by atoms with Gasteiger partial charge in [0, 0.05) is 4.88 Å². The van der Waals surface area contributed by atoms with Crippen LogP contribution in [0.4, 0.5) is 5.69 Å². The molecule has 0 aliphatic rings. The molecule has 18 heavy (non-hydrogen) atoms. The number of hydrogen-bond acceptors (Lipinski definition) is 3. The first kappa shape index (κ1) is 13.0. The predicted octanol–water partition coefficient (Wildman–Crippen LogP) is 4.71. The first-order valence-electron chi connectivity index (χ1n) is 6.22. The fraction of sp³-hybridized carbons (Fsp3) is 0.333. The summed E-state index contributed by atoms with van der Waals surface area (Å²) in [6, 6.07) is 12.6. The van der Waals surface area contributed by atoms with Crippen LogP contribution in [0.25, 0.3) is 0 Å². The second-order valence-electron chi connectivity index (χ2n) is 4.54. The van der Waals surface area contributed by atoms with E-state index < -0.39 is 0 Å². The predicted molar refractivity (Wildman–Crippen MR) is 78.6 cm³/mol. The number of rotatable bonds is 5. The van der Waals surface area contributed by atoms with Crippen molar-refractivity contribution in [1.82, 2.24) is 0 Å². The van der Waals surface area contributed by atoms with E-state index in [9.17, 15) is 0 Å². The summed E-state index contributed by atoms with van der Waals surface area (Å²) in [6.07, 6.45) is 0.185. The Kier molecular flexibility index (Phi) is 4.26. The minimum atomic E-state index is 0.185. The number of benzene rings is 1. The number of hydrogen-bond donors (Lipinski definition) is 1. The van der Waals surface area contributed by atoms with E-state index in [0.717, 1.165) is 11.4 Å². The van der Waals surface area contributed by atoms with Crippen LogP contribution in [0.1, 0.15) is 31.7 Å². The molecule has 0 aliphatic heterocycles. The maximum atomic E-state index is 5.80.